The fraction of sp³-hybridized carbons (Fsp3) is 0.480. The summed E-state index contributed by atoms with van der Waals surface area (Å²) < 4.78 is 34.4. The number of likely N-dealkylation sites (tertiary alicyclic amines) is 1. The van der Waals surface area contributed by atoms with Gasteiger partial charge in [-0.3, -0.25) is 4.90 Å². The van der Waals surface area contributed by atoms with Crippen LogP contribution in [0, 0.1) is 11.6 Å². The number of hydrogen-bond donors (Lipinski definition) is 1. The second-order valence-corrected chi connectivity index (χ2v) is 9.25. The van der Waals surface area contributed by atoms with Crippen molar-refractivity contribution in [3.63, 3.8) is 0 Å². The molecule has 1 heterocycles. The number of nitrogens with one attached hydrogen (secondary N) is 1. The Balaban J connectivity index is 1.89. The molecule has 0 spiro atoms. The fourth-order valence-corrected chi connectivity index (χ4v) is 4.28. The topological polar surface area (TPSA) is 41.6 Å². The Bertz CT molecular complexity index is 896. The lowest BCUT2D eigenvalue weighted by Gasteiger charge is -2.26. The average Bonchev–Trinajstić information content (AvgIpc) is 3.02. The van der Waals surface area contributed by atoms with E-state index >= 15 is 4.39 Å². The van der Waals surface area contributed by atoms with Gasteiger partial charge in [-0.15, -0.1) is 0 Å². The fourth-order valence-electron chi connectivity index (χ4n) is 4.28. The van der Waals surface area contributed by atoms with Gasteiger partial charge >= 0.3 is 6.09 Å². The number of halogens is 2. The highest BCUT2D eigenvalue weighted by Gasteiger charge is 2.38. The number of aryl methyl sites for hydroxylation is 1. The molecule has 4 nitrogen and oxygen atoms in total. The SMILES string of the molecule is CCCc1cc(F)cc(F)c1[C@H]1CN(Cc2ccccc2)C[C@@H]1NC(=O)OC(C)(C)C. The third kappa shape index (κ3) is 6.26. The average molecular weight is 431 g/mol. The summed E-state index contributed by atoms with van der Waals surface area (Å²) in [6.45, 7) is 9.21. The van der Waals surface area contributed by atoms with Crippen LogP contribution in [0.3, 0.4) is 0 Å². The first kappa shape index (κ1) is 23.2. The molecule has 1 saturated heterocycles. The van der Waals surface area contributed by atoms with Gasteiger partial charge in [0.25, 0.3) is 0 Å². The molecule has 0 saturated carbocycles. The van der Waals surface area contributed by atoms with Gasteiger partial charge in [0.2, 0.25) is 0 Å². The van der Waals surface area contributed by atoms with E-state index in [1.807, 2.05) is 37.3 Å². The van der Waals surface area contributed by atoms with Crippen molar-refractivity contribution in [1.82, 2.24) is 10.2 Å². The van der Waals surface area contributed by atoms with E-state index in [4.69, 9.17) is 4.74 Å². The van der Waals surface area contributed by atoms with Crippen molar-refractivity contribution >= 4 is 6.09 Å². The molecule has 2 atom stereocenters. The minimum Gasteiger partial charge on any atom is -0.444 e. The Morgan fingerprint density at radius 3 is 2.52 bits per heavy atom. The van der Waals surface area contributed by atoms with Gasteiger partial charge in [0, 0.05) is 31.6 Å². The smallest absolute Gasteiger partial charge is 0.407 e. The number of carbonyl (C=O) groups is 1. The molecule has 0 aliphatic carbocycles. The largest absolute Gasteiger partial charge is 0.444 e. The molecule has 2 aromatic carbocycles. The first-order chi connectivity index (χ1) is 14.7. The van der Waals surface area contributed by atoms with E-state index in [0.717, 1.165) is 18.1 Å². The molecule has 0 radical (unpaired) electrons. The molecular weight excluding hydrogens is 398 g/mol. The molecular formula is C25H32F2N2O2. The van der Waals surface area contributed by atoms with Crippen LogP contribution in [0.1, 0.15) is 56.7 Å². The van der Waals surface area contributed by atoms with E-state index in [-0.39, 0.29) is 12.0 Å². The molecule has 2 aromatic rings. The lowest BCUT2D eigenvalue weighted by Crippen LogP contribution is -2.43. The number of benzene rings is 2. The highest BCUT2D eigenvalue weighted by Crippen LogP contribution is 2.34. The molecule has 1 N–H and O–H groups in total. The van der Waals surface area contributed by atoms with Gasteiger partial charge in [0.15, 0.2) is 0 Å². The number of carbonyl (C=O) groups excluding carboxylic acids is 1. The maximum Gasteiger partial charge on any atom is 0.407 e. The van der Waals surface area contributed by atoms with E-state index in [9.17, 15) is 9.18 Å². The molecule has 1 aliphatic heterocycles. The number of rotatable bonds is 6. The summed E-state index contributed by atoms with van der Waals surface area (Å²) in [4.78, 5) is 14.7. The molecule has 3 rings (SSSR count). The Hall–Kier alpha value is -2.47. The van der Waals surface area contributed by atoms with Gasteiger partial charge in [-0.25, -0.2) is 13.6 Å². The Morgan fingerprint density at radius 1 is 1.16 bits per heavy atom. The predicted octanol–water partition coefficient (Wildman–Crippen LogP) is 5.41. The van der Waals surface area contributed by atoms with Gasteiger partial charge in [0.05, 0.1) is 6.04 Å². The van der Waals surface area contributed by atoms with Gasteiger partial charge < -0.3 is 10.1 Å². The zero-order chi connectivity index (χ0) is 22.6. The van der Waals surface area contributed by atoms with E-state index in [1.165, 1.54) is 6.07 Å². The molecule has 0 unspecified atom stereocenters. The number of hydrogen-bond acceptors (Lipinski definition) is 3. The summed E-state index contributed by atoms with van der Waals surface area (Å²) in [6, 6.07) is 12.1. The molecule has 1 fully saturated rings. The van der Waals surface area contributed by atoms with Crippen LogP contribution in [-0.4, -0.2) is 35.7 Å². The summed E-state index contributed by atoms with van der Waals surface area (Å²) in [7, 11) is 0. The lowest BCUT2D eigenvalue weighted by atomic mass is 9.88. The van der Waals surface area contributed by atoms with Crippen LogP contribution in [0.15, 0.2) is 42.5 Å². The van der Waals surface area contributed by atoms with Crippen molar-refractivity contribution in [2.75, 3.05) is 13.1 Å². The third-order valence-electron chi connectivity index (χ3n) is 5.42. The van der Waals surface area contributed by atoms with Crippen molar-refractivity contribution in [2.45, 2.75) is 64.6 Å². The second kappa shape index (κ2) is 9.77. The predicted molar refractivity (Wildman–Crippen MR) is 118 cm³/mol. The lowest BCUT2D eigenvalue weighted by molar-refractivity contribution is 0.0501. The summed E-state index contributed by atoms with van der Waals surface area (Å²) in [5.41, 5.74) is 1.69. The van der Waals surface area contributed by atoms with Crippen LogP contribution >= 0.6 is 0 Å². The van der Waals surface area contributed by atoms with E-state index in [1.54, 1.807) is 20.8 Å². The summed E-state index contributed by atoms with van der Waals surface area (Å²) in [5, 5.41) is 2.95. The van der Waals surface area contributed by atoms with Crippen molar-refractivity contribution in [3.8, 4) is 0 Å². The first-order valence-electron chi connectivity index (χ1n) is 10.9. The summed E-state index contributed by atoms with van der Waals surface area (Å²) >= 11 is 0. The Labute approximate surface area is 183 Å². The second-order valence-electron chi connectivity index (χ2n) is 9.25. The molecule has 168 valence electrons. The molecule has 0 bridgehead atoms. The standard InChI is InChI=1S/C25H32F2N2O2/c1-5-9-18-12-19(26)13-21(27)23(18)20-15-29(14-17-10-7-6-8-11-17)16-22(20)28-24(30)31-25(2,3)4/h6-8,10-13,20,22H,5,9,14-16H2,1-4H3,(H,28,30)/t20-,22-/m0/s1. The monoisotopic (exact) mass is 430 g/mol. The minimum absolute atomic E-state index is 0.293. The maximum absolute atomic E-state index is 15.0. The minimum atomic E-state index is -0.629. The van der Waals surface area contributed by atoms with E-state index in [0.29, 0.717) is 37.2 Å². The van der Waals surface area contributed by atoms with Crippen LogP contribution in [0.2, 0.25) is 0 Å². The number of amides is 1. The Kier molecular flexibility index (Phi) is 7.31. The molecule has 1 aliphatic rings. The van der Waals surface area contributed by atoms with Crippen LogP contribution in [0.4, 0.5) is 13.6 Å². The number of nitrogens with zero attached hydrogens (tertiary/aromatic N) is 1. The maximum atomic E-state index is 15.0. The molecule has 31 heavy (non-hydrogen) atoms. The first-order valence-corrected chi connectivity index (χ1v) is 10.9. The van der Waals surface area contributed by atoms with E-state index in [2.05, 4.69) is 10.2 Å². The van der Waals surface area contributed by atoms with Crippen LogP contribution < -0.4 is 5.32 Å². The van der Waals surface area contributed by atoms with Crippen molar-refractivity contribution < 1.29 is 18.3 Å². The third-order valence-corrected chi connectivity index (χ3v) is 5.42. The zero-order valence-electron chi connectivity index (χ0n) is 18.8. The molecule has 1 amide bonds. The highest BCUT2D eigenvalue weighted by molar-refractivity contribution is 5.68. The molecule has 6 heteroatoms. The van der Waals surface area contributed by atoms with Crippen LogP contribution in [0.25, 0.3) is 0 Å². The van der Waals surface area contributed by atoms with Crippen LogP contribution in [0.5, 0.6) is 0 Å². The van der Waals surface area contributed by atoms with Gasteiger partial charge in [-0.2, -0.15) is 0 Å². The summed E-state index contributed by atoms with van der Waals surface area (Å²) in [5.74, 6) is -1.41. The normalized spacial score (nSPS) is 19.4. The van der Waals surface area contributed by atoms with Gasteiger partial charge in [-0.1, -0.05) is 43.7 Å². The number of alkyl carbamates (subject to hydrolysis) is 1. The van der Waals surface area contributed by atoms with E-state index < -0.39 is 23.3 Å². The summed E-state index contributed by atoms with van der Waals surface area (Å²) in [6.07, 6.45) is 0.836. The van der Waals surface area contributed by atoms with Crippen molar-refractivity contribution in [2.24, 2.45) is 0 Å². The van der Waals surface area contributed by atoms with Gasteiger partial charge in [-0.05, 0) is 49.9 Å². The van der Waals surface area contributed by atoms with Crippen LogP contribution in [-0.2, 0) is 17.7 Å². The quantitative estimate of drug-likeness (QED) is 0.666. The highest BCUT2D eigenvalue weighted by atomic mass is 19.1. The zero-order valence-corrected chi connectivity index (χ0v) is 18.8. The van der Waals surface area contributed by atoms with Gasteiger partial charge in [0.1, 0.15) is 17.2 Å². The van der Waals surface area contributed by atoms with Crippen molar-refractivity contribution in [1.29, 1.82) is 0 Å². The van der Waals surface area contributed by atoms with Crippen molar-refractivity contribution in [3.05, 3.63) is 70.8 Å². The number of ether oxygens (including phenoxy) is 1. The molecule has 0 aromatic heterocycles. The Morgan fingerprint density at radius 2 is 1.87 bits per heavy atom.